The Kier molecular flexibility index (Phi) is 7.68. The fraction of sp³-hybridized carbons (Fsp3) is 0.667. The van der Waals surface area contributed by atoms with Crippen LogP contribution in [0.1, 0.15) is 50.5 Å². The molecule has 6 heteroatoms. The molecule has 1 N–H and O–H groups in total. The number of nitrogens with zero attached hydrogens (tertiary/aromatic N) is 2. The van der Waals surface area contributed by atoms with Crippen molar-refractivity contribution in [2.45, 2.75) is 57.5 Å². The maximum Gasteiger partial charge on any atom is 0.317 e. The first-order chi connectivity index (χ1) is 13.0. The standard InChI is InChI=1S/C21H31Cl2N3O/c1-25-12-10-18(11-13-25)26(15-16-6-3-2-4-7-16)21(27)24-14-17-8-5-9-19(22)20(17)23/h5,8-9,16,18H,2-4,6-7,10-15H2,1H3,(H,24,27). The van der Waals surface area contributed by atoms with Crippen molar-refractivity contribution in [2.24, 2.45) is 5.92 Å². The molecule has 2 fully saturated rings. The van der Waals surface area contributed by atoms with Gasteiger partial charge in [0.2, 0.25) is 0 Å². The number of amides is 2. The highest BCUT2D eigenvalue weighted by atomic mass is 35.5. The molecule has 2 aliphatic rings. The van der Waals surface area contributed by atoms with Crippen LogP contribution >= 0.6 is 23.2 Å². The number of likely N-dealkylation sites (tertiary alicyclic amines) is 1. The van der Waals surface area contributed by atoms with E-state index in [1.165, 1.54) is 32.1 Å². The van der Waals surface area contributed by atoms with E-state index in [0.717, 1.165) is 38.0 Å². The van der Waals surface area contributed by atoms with Crippen LogP contribution < -0.4 is 5.32 Å². The van der Waals surface area contributed by atoms with E-state index in [1.54, 1.807) is 6.07 Å². The zero-order chi connectivity index (χ0) is 19.2. The zero-order valence-corrected chi connectivity index (χ0v) is 17.7. The van der Waals surface area contributed by atoms with E-state index in [0.29, 0.717) is 28.5 Å². The second-order valence-corrected chi connectivity index (χ2v) is 8.85. The van der Waals surface area contributed by atoms with Crippen molar-refractivity contribution in [3.8, 4) is 0 Å². The second kappa shape index (κ2) is 9.99. The molecule has 150 valence electrons. The highest BCUT2D eigenvalue weighted by molar-refractivity contribution is 6.42. The predicted octanol–water partition coefficient (Wildman–Crippen LogP) is 5.18. The van der Waals surface area contributed by atoms with Gasteiger partial charge >= 0.3 is 6.03 Å². The molecule has 0 aromatic heterocycles. The van der Waals surface area contributed by atoms with Gasteiger partial charge in [-0.3, -0.25) is 0 Å². The molecule has 3 rings (SSSR count). The van der Waals surface area contributed by atoms with Crippen LogP contribution in [-0.2, 0) is 6.54 Å². The largest absolute Gasteiger partial charge is 0.334 e. The van der Waals surface area contributed by atoms with E-state index in [1.807, 2.05) is 12.1 Å². The highest BCUT2D eigenvalue weighted by Gasteiger charge is 2.29. The van der Waals surface area contributed by atoms with E-state index < -0.39 is 0 Å². The second-order valence-electron chi connectivity index (χ2n) is 8.06. The highest BCUT2D eigenvalue weighted by Crippen LogP contribution is 2.28. The zero-order valence-electron chi connectivity index (χ0n) is 16.2. The summed E-state index contributed by atoms with van der Waals surface area (Å²) in [6, 6.07) is 5.91. The Morgan fingerprint density at radius 2 is 1.85 bits per heavy atom. The topological polar surface area (TPSA) is 35.6 Å². The van der Waals surface area contributed by atoms with Gasteiger partial charge in [0.05, 0.1) is 10.0 Å². The minimum absolute atomic E-state index is 0.0335. The molecule has 0 radical (unpaired) electrons. The summed E-state index contributed by atoms with van der Waals surface area (Å²) >= 11 is 12.4. The molecule has 1 aromatic rings. The smallest absolute Gasteiger partial charge is 0.317 e. The van der Waals surface area contributed by atoms with Gasteiger partial charge in [0.15, 0.2) is 0 Å². The van der Waals surface area contributed by atoms with Gasteiger partial charge < -0.3 is 15.1 Å². The minimum atomic E-state index is 0.0335. The van der Waals surface area contributed by atoms with Crippen LogP contribution in [0.4, 0.5) is 4.79 Å². The summed E-state index contributed by atoms with van der Waals surface area (Å²) < 4.78 is 0. The number of piperidine rings is 1. The maximum atomic E-state index is 13.1. The maximum absolute atomic E-state index is 13.1. The monoisotopic (exact) mass is 411 g/mol. The molecule has 0 atom stereocenters. The molecule has 0 unspecified atom stereocenters. The van der Waals surface area contributed by atoms with Crippen LogP contribution in [0.2, 0.25) is 10.0 Å². The molecule has 1 aromatic carbocycles. The third-order valence-electron chi connectivity index (χ3n) is 6.03. The van der Waals surface area contributed by atoms with Gasteiger partial charge in [-0.05, 0) is 63.4 Å². The lowest BCUT2D eigenvalue weighted by molar-refractivity contribution is 0.113. The molecular weight excluding hydrogens is 381 g/mol. The minimum Gasteiger partial charge on any atom is -0.334 e. The number of hydrogen-bond donors (Lipinski definition) is 1. The van der Waals surface area contributed by atoms with Gasteiger partial charge in [0, 0.05) is 19.1 Å². The average Bonchev–Trinajstić information content (AvgIpc) is 2.69. The van der Waals surface area contributed by atoms with Crippen molar-refractivity contribution in [3.63, 3.8) is 0 Å². The summed E-state index contributed by atoms with van der Waals surface area (Å²) in [5, 5.41) is 4.15. The lowest BCUT2D eigenvalue weighted by Gasteiger charge is -2.39. The lowest BCUT2D eigenvalue weighted by atomic mass is 9.88. The van der Waals surface area contributed by atoms with E-state index in [9.17, 15) is 4.79 Å². The molecule has 1 heterocycles. The fourth-order valence-electron chi connectivity index (χ4n) is 4.31. The number of carbonyl (C=O) groups excluding carboxylic acids is 1. The molecule has 1 aliphatic heterocycles. The average molecular weight is 412 g/mol. The Hall–Kier alpha value is -0.970. The first kappa shape index (κ1) is 20.8. The summed E-state index contributed by atoms with van der Waals surface area (Å²) in [5.41, 5.74) is 0.860. The molecule has 0 spiro atoms. The van der Waals surface area contributed by atoms with Gasteiger partial charge in [-0.1, -0.05) is 54.6 Å². The molecule has 1 aliphatic carbocycles. The Morgan fingerprint density at radius 1 is 1.15 bits per heavy atom. The van der Waals surface area contributed by atoms with Crippen LogP contribution in [0.5, 0.6) is 0 Å². The molecule has 0 bridgehead atoms. The molecule has 4 nitrogen and oxygen atoms in total. The van der Waals surface area contributed by atoms with Gasteiger partial charge in [-0.15, -0.1) is 0 Å². The first-order valence-corrected chi connectivity index (χ1v) is 11.0. The normalized spacial score (nSPS) is 19.8. The lowest BCUT2D eigenvalue weighted by Crippen LogP contribution is -2.51. The number of carbonyl (C=O) groups is 1. The van der Waals surface area contributed by atoms with Crippen LogP contribution in [0, 0.1) is 5.92 Å². The van der Waals surface area contributed by atoms with Crippen molar-refractivity contribution in [2.75, 3.05) is 26.7 Å². The van der Waals surface area contributed by atoms with Crippen LogP contribution in [0.25, 0.3) is 0 Å². The Morgan fingerprint density at radius 3 is 2.56 bits per heavy atom. The van der Waals surface area contributed by atoms with E-state index >= 15 is 0 Å². The summed E-state index contributed by atoms with van der Waals surface area (Å²) in [7, 11) is 2.16. The SMILES string of the molecule is CN1CCC(N(CC2CCCCC2)C(=O)NCc2cccc(Cl)c2Cl)CC1. The van der Waals surface area contributed by atoms with Crippen molar-refractivity contribution in [1.82, 2.24) is 15.1 Å². The quantitative estimate of drug-likeness (QED) is 0.724. The first-order valence-electron chi connectivity index (χ1n) is 10.2. The van der Waals surface area contributed by atoms with Crippen molar-refractivity contribution in [1.29, 1.82) is 0 Å². The molecule has 27 heavy (non-hydrogen) atoms. The molecule has 1 saturated carbocycles. The summed E-state index contributed by atoms with van der Waals surface area (Å²) in [6.07, 6.45) is 8.53. The van der Waals surface area contributed by atoms with Crippen LogP contribution in [0.15, 0.2) is 18.2 Å². The van der Waals surface area contributed by atoms with Crippen LogP contribution in [0.3, 0.4) is 0 Å². The third-order valence-corrected chi connectivity index (χ3v) is 6.89. The molecule has 1 saturated heterocycles. The van der Waals surface area contributed by atoms with Crippen molar-refractivity contribution >= 4 is 29.2 Å². The van der Waals surface area contributed by atoms with Crippen molar-refractivity contribution < 1.29 is 4.79 Å². The summed E-state index contributed by atoms with van der Waals surface area (Å²) in [6.45, 7) is 3.40. The summed E-state index contributed by atoms with van der Waals surface area (Å²) in [5.74, 6) is 0.638. The number of hydrogen-bond acceptors (Lipinski definition) is 2. The third kappa shape index (κ3) is 5.75. The predicted molar refractivity (Wildman–Crippen MR) is 112 cm³/mol. The summed E-state index contributed by atoms with van der Waals surface area (Å²) in [4.78, 5) is 17.6. The number of nitrogens with one attached hydrogen (secondary N) is 1. The van der Waals surface area contributed by atoms with Gasteiger partial charge in [-0.25, -0.2) is 4.79 Å². The van der Waals surface area contributed by atoms with Gasteiger partial charge in [0.25, 0.3) is 0 Å². The Balaban J connectivity index is 1.64. The van der Waals surface area contributed by atoms with Gasteiger partial charge in [-0.2, -0.15) is 0 Å². The Labute approximate surface area is 173 Å². The molecular formula is C21H31Cl2N3O. The molecule has 2 amide bonds. The van der Waals surface area contributed by atoms with Crippen LogP contribution in [-0.4, -0.2) is 48.6 Å². The van der Waals surface area contributed by atoms with Gasteiger partial charge in [0.1, 0.15) is 0 Å². The number of halogens is 2. The van der Waals surface area contributed by atoms with E-state index in [4.69, 9.17) is 23.2 Å². The Bertz CT molecular complexity index is 626. The van der Waals surface area contributed by atoms with E-state index in [-0.39, 0.29) is 6.03 Å². The number of urea groups is 1. The van der Waals surface area contributed by atoms with Crippen molar-refractivity contribution in [3.05, 3.63) is 33.8 Å². The number of benzene rings is 1. The number of rotatable bonds is 5. The fourth-order valence-corrected chi connectivity index (χ4v) is 4.70. The van der Waals surface area contributed by atoms with E-state index in [2.05, 4.69) is 22.2 Å².